The Kier molecular flexibility index (Phi) is 3.08. The van der Waals surface area contributed by atoms with Crippen LogP contribution in [0, 0.1) is 5.82 Å². The van der Waals surface area contributed by atoms with Crippen LogP contribution in [0.15, 0.2) is 18.2 Å². The summed E-state index contributed by atoms with van der Waals surface area (Å²) in [5.41, 5.74) is 0.436. The molecule has 0 atom stereocenters. The number of hydrogen-bond acceptors (Lipinski definition) is 2. The van der Waals surface area contributed by atoms with Crippen molar-refractivity contribution < 1.29 is 13.9 Å². The van der Waals surface area contributed by atoms with E-state index < -0.39 is 5.82 Å². The van der Waals surface area contributed by atoms with Crippen molar-refractivity contribution in [1.29, 1.82) is 0 Å². The summed E-state index contributed by atoms with van der Waals surface area (Å²) in [5.74, 6) is -0.166. The molecule has 1 aromatic carbocycles. The Morgan fingerprint density at radius 1 is 1.38 bits per heavy atom. The van der Waals surface area contributed by atoms with E-state index in [9.17, 15) is 9.18 Å². The fraction of sp³-hybridized carbons (Fsp3) is 0.417. The average Bonchev–Trinajstić information content (AvgIpc) is 2.81. The van der Waals surface area contributed by atoms with Crippen molar-refractivity contribution in [2.45, 2.75) is 12.8 Å². The Morgan fingerprint density at radius 2 is 2.06 bits per heavy atom. The average molecular weight is 223 g/mol. The highest BCUT2D eigenvalue weighted by molar-refractivity contribution is 5.97. The van der Waals surface area contributed by atoms with Crippen molar-refractivity contribution in [2.75, 3.05) is 20.2 Å². The molecule has 16 heavy (non-hydrogen) atoms. The van der Waals surface area contributed by atoms with Gasteiger partial charge in [0.1, 0.15) is 11.6 Å². The normalized spacial score (nSPS) is 15.2. The molecule has 0 unspecified atom stereocenters. The van der Waals surface area contributed by atoms with Crippen LogP contribution in [-0.2, 0) is 0 Å². The summed E-state index contributed by atoms with van der Waals surface area (Å²) in [4.78, 5) is 13.8. The summed E-state index contributed by atoms with van der Waals surface area (Å²) in [5, 5.41) is 0. The molecular weight excluding hydrogens is 209 g/mol. The summed E-state index contributed by atoms with van der Waals surface area (Å²) in [7, 11) is 1.44. The van der Waals surface area contributed by atoms with E-state index in [0.717, 1.165) is 25.9 Å². The van der Waals surface area contributed by atoms with Crippen LogP contribution in [0.4, 0.5) is 4.39 Å². The number of halogens is 1. The first-order valence-electron chi connectivity index (χ1n) is 5.35. The molecule has 4 heteroatoms. The maximum Gasteiger partial charge on any atom is 0.257 e. The Morgan fingerprint density at radius 3 is 2.69 bits per heavy atom. The van der Waals surface area contributed by atoms with Gasteiger partial charge in [0.2, 0.25) is 0 Å². The van der Waals surface area contributed by atoms with Crippen LogP contribution >= 0.6 is 0 Å². The minimum Gasteiger partial charge on any atom is -0.496 e. The largest absolute Gasteiger partial charge is 0.496 e. The summed E-state index contributed by atoms with van der Waals surface area (Å²) >= 11 is 0. The molecule has 2 rings (SSSR count). The maximum absolute atomic E-state index is 13.0. The molecule has 86 valence electrons. The Bertz CT molecular complexity index is 400. The van der Waals surface area contributed by atoms with Gasteiger partial charge in [0.15, 0.2) is 0 Å². The van der Waals surface area contributed by atoms with E-state index >= 15 is 0 Å². The van der Waals surface area contributed by atoms with E-state index in [1.165, 1.54) is 25.3 Å². The number of carbonyl (C=O) groups excluding carboxylic acids is 1. The van der Waals surface area contributed by atoms with E-state index in [1.54, 1.807) is 4.90 Å². The molecule has 1 heterocycles. The van der Waals surface area contributed by atoms with Gasteiger partial charge in [-0.2, -0.15) is 0 Å². The number of carbonyl (C=O) groups is 1. The first-order chi connectivity index (χ1) is 7.72. The Balaban J connectivity index is 2.28. The predicted molar refractivity (Wildman–Crippen MR) is 58.1 cm³/mol. The third kappa shape index (κ3) is 2.01. The van der Waals surface area contributed by atoms with E-state index in [4.69, 9.17) is 4.74 Å². The standard InChI is InChI=1S/C12H14FNO2/c1-16-11-8-9(13)4-5-10(11)12(15)14-6-2-3-7-14/h4-5,8H,2-3,6-7H2,1H3. The van der Waals surface area contributed by atoms with Gasteiger partial charge in [0.05, 0.1) is 12.7 Å². The van der Waals surface area contributed by atoms with Crippen molar-refractivity contribution in [3.63, 3.8) is 0 Å². The zero-order chi connectivity index (χ0) is 11.5. The van der Waals surface area contributed by atoms with Gasteiger partial charge in [-0.1, -0.05) is 0 Å². The molecule has 0 aliphatic carbocycles. The van der Waals surface area contributed by atoms with E-state index in [2.05, 4.69) is 0 Å². The topological polar surface area (TPSA) is 29.5 Å². The lowest BCUT2D eigenvalue weighted by Gasteiger charge is -2.16. The smallest absolute Gasteiger partial charge is 0.257 e. The highest BCUT2D eigenvalue weighted by atomic mass is 19.1. The minimum absolute atomic E-state index is 0.0747. The SMILES string of the molecule is COc1cc(F)ccc1C(=O)N1CCCC1. The van der Waals surface area contributed by atoms with Gasteiger partial charge in [0, 0.05) is 19.2 Å². The van der Waals surface area contributed by atoms with Gasteiger partial charge in [-0.15, -0.1) is 0 Å². The predicted octanol–water partition coefficient (Wildman–Crippen LogP) is 2.07. The fourth-order valence-electron chi connectivity index (χ4n) is 1.93. The number of benzene rings is 1. The monoisotopic (exact) mass is 223 g/mol. The molecule has 0 N–H and O–H groups in total. The second kappa shape index (κ2) is 4.51. The molecule has 1 amide bonds. The number of methoxy groups -OCH3 is 1. The van der Waals surface area contributed by atoms with Gasteiger partial charge >= 0.3 is 0 Å². The van der Waals surface area contributed by atoms with Crippen LogP contribution in [-0.4, -0.2) is 31.0 Å². The van der Waals surface area contributed by atoms with Crippen LogP contribution in [0.1, 0.15) is 23.2 Å². The quantitative estimate of drug-likeness (QED) is 0.768. The third-order valence-corrected chi connectivity index (χ3v) is 2.79. The third-order valence-electron chi connectivity index (χ3n) is 2.79. The molecule has 1 fully saturated rings. The number of nitrogens with zero attached hydrogens (tertiary/aromatic N) is 1. The molecule has 0 spiro atoms. The number of hydrogen-bond donors (Lipinski definition) is 0. The van der Waals surface area contributed by atoms with Crippen LogP contribution in [0.5, 0.6) is 5.75 Å². The van der Waals surface area contributed by atoms with Crippen LogP contribution in [0.25, 0.3) is 0 Å². The molecule has 0 saturated carbocycles. The van der Waals surface area contributed by atoms with Crippen molar-refractivity contribution in [3.05, 3.63) is 29.6 Å². The molecule has 3 nitrogen and oxygen atoms in total. The van der Waals surface area contributed by atoms with Gasteiger partial charge < -0.3 is 9.64 Å². The molecule has 1 aromatic rings. The lowest BCUT2D eigenvalue weighted by Crippen LogP contribution is -2.27. The van der Waals surface area contributed by atoms with E-state index in [0.29, 0.717) is 11.3 Å². The van der Waals surface area contributed by atoms with Crippen LogP contribution < -0.4 is 4.74 Å². The summed E-state index contributed by atoms with van der Waals surface area (Å²) < 4.78 is 18.0. The van der Waals surface area contributed by atoms with E-state index in [-0.39, 0.29) is 5.91 Å². The van der Waals surface area contributed by atoms with Crippen LogP contribution in [0.3, 0.4) is 0 Å². The summed E-state index contributed by atoms with van der Waals surface area (Å²) in [6.45, 7) is 1.55. The molecule has 0 aromatic heterocycles. The molecular formula is C12H14FNO2. The lowest BCUT2D eigenvalue weighted by atomic mass is 10.1. The highest BCUT2D eigenvalue weighted by Crippen LogP contribution is 2.22. The molecule has 0 radical (unpaired) electrons. The second-order valence-electron chi connectivity index (χ2n) is 3.84. The fourth-order valence-corrected chi connectivity index (χ4v) is 1.93. The number of ether oxygens (including phenoxy) is 1. The van der Waals surface area contributed by atoms with Gasteiger partial charge in [-0.3, -0.25) is 4.79 Å². The summed E-state index contributed by atoms with van der Waals surface area (Å²) in [6, 6.07) is 4.00. The minimum atomic E-state index is -0.394. The molecule has 0 bridgehead atoms. The molecule has 1 aliphatic rings. The maximum atomic E-state index is 13.0. The zero-order valence-corrected chi connectivity index (χ0v) is 9.20. The van der Waals surface area contributed by atoms with E-state index in [1.807, 2.05) is 0 Å². The van der Waals surface area contributed by atoms with Crippen LogP contribution in [0.2, 0.25) is 0 Å². The lowest BCUT2D eigenvalue weighted by molar-refractivity contribution is 0.0789. The number of amides is 1. The second-order valence-corrected chi connectivity index (χ2v) is 3.84. The van der Waals surface area contributed by atoms with Crippen molar-refractivity contribution >= 4 is 5.91 Å². The first-order valence-corrected chi connectivity index (χ1v) is 5.35. The molecule has 1 aliphatic heterocycles. The first kappa shape index (κ1) is 10.9. The zero-order valence-electron chi connectivity index (χ0n) is 9.20. The van der Waals surface area contributed by atoms with Crippen molar-refractivity contribution in [2.24, 2.45) is 0 Å². The Labute approximate surface area is 93.8 Å². The summed E-state index contributed by atoms with van der Waals surface area (Å²) in [6.07, 6.45) is 2.07. The number of rotatable bonds is 2. The van der Waals surface area contributed by atoms with Gasteiger partial charge in [-0.05, 0) is 25.0 Å². The Hall–Kier alpha value is -1.58. The highest BCUT2D eigenvalue weighted by Gasteiger charge is 2.22. The molecule has 1 saturated heterocycles. The van der Waals surface area contributed by atoms with Gasteiger partial charge in [-0.25, -0.2) is 4.39 Å². The van der Waals surface area contributed by atoms with Gasteiger partial charge in [0.25, 0.3) is 5.91 Å². The number of likely N-dealkylation sites (tertiary alicyclic amines) is 1. The van der Waals surface area contributed by atoms with Crippen molar-refractivity contribution in [1.82, 2.24) is 4.90 Å². The van der Waals surface area contributed by atoms with Crippen molar-refractivity contribution in [3.8, 4) is 5.75 Å².